The van der Waals surface area contributed by atoms with Crippen LogP contribution in [0.3, 0.4) is 0 Å². The molecule has 8 nitrogen and oxygen atoms in total. The van der Waals surface area contributed by atoms with Crippen LogP contribution in [0, 0.1) is 5.92 Å². The van der Waals surface area contributed by atoms with Crippen LogP contribution in [-0.2, 0) is 14.6 Å². The predicted octanol–water partition coefficient (Wildman–Crippen LogP) is 2.66. The molecular formula is C22H27N3O5S. The molecule has 4 rings (SSSR count). The van der Waals surface area contributed by atoms with Gasteiger partial charge in [0.2, 0.25) is 5.91 Å². The van der Waals surface area contributed by atoms with Crippen LogP contribution in [0.4, 0.5) is 0 Å². The van der Waals surface area contributed by atoms with Gasteiger partial charge in [-0.3, -0.25) is 14.5 Å². The van der Waals surface area contributed by atoms with Crippen molar-refractivity contribution in [1.82, 2.24) is 15.4 Å². The summed E-state index contributed by atoms with van der Waals surface area (Å²) in [5.74, 6) is -0.327. The molecule has 2 fully saturated rings. The van der Waals surface area contributed by atoms with Gasteiger partial charge in [-0.2, -0.15) is 0 Å². The van der Waals surface area contributed by atoms with E-state index in [9.17, 15) is 18.0 Å². The molecule has 0 radical (unpaired) electrons. The summed E-state index contributed by atoms with van der Waals surface area (Å²) in [4.78, 5) is 27.7. The third kappa shape index (κ3) is 4.72. The number of aromatic nitrogens is 1. The molecule has 9 heteroatoms. The molecule has 1 N–H and O–H groups in total. The number of amides is 2. The Morgan fingerprint density at radius 3 is 2.55 bits per heavy atom. The second kappa shape index (κ2) is 8.92. The molecule has 1 aromatic heterocycles. The van der Waals surface area contributed by atoms with Gasteiger partial charge in [0.15, 0.2) is 21.3 Å². The van der Waals surface area contributed by atoms with Crippen LogP contribution >= 0.6 is 0 Å². The maximum Gasteiger partial charge on any atom is 0.282 e. The number of nitrogens with zero attached hydrogens (tertiary/aromatic N) is 2. The van der Waals surface area contributed by atoms with Crippen LogP contribution < -0.4 is 5.32 Å². The summed E-state index contributed by atoms with van der Waals surface area (Å²) in [6.07, 6.45) is 3.87. The average molecular weight is 446 g/mol. The quantitative estimate of drug-likeness (QED) is 0.653. The van der Waals surface area contributed by atoms with Gasteiger partial charge in [-0.1, -0.05) is 12.1 Å². The van der Waals surface area contributed by atoms with E-state index in [-0.39, 0.29) is 34.2 Å². The number of sulfone groups is 1. The lowest BCUT2D eigenvalue weighted by molar-refractivity contribution is -0.133. The van der Waals surface area contributed by atoms with Crippen molar-refractivity contribution in [3.63, 3.8) is 0 Å². The molecule has 2 aliphatic rings. The summed E-state index contributed by atoms with van der Waals surface area (Å²) in [5.41, 5.74) is 0.699. The highest BCUT2D eigenvalue weighted by Gasteiger charge is 2.41. The fraction of sp³-hybridized carbons (Fsp3) is 0.500. The van der Waals surface area contributed by atoms with Gasteiger partial charge in [-0.15, -0.1) is 0 Å². The maximum absolute atomic E-state index is 13.1. The predicted molar refractivity (Wildman–Crippen MR) is 114 cm³/mol. The molecule has 2 heterocycles. The highest BCUT2D eigenvalue weighted by molar-refractivity contribution is 7.91. The molecule has 0 spiro atoms. The van der Waals surface area contributed by atoms with E-state index < -0.39 is 15.7 Å². The monoisotopic (exact) mass is 445 g/mol. The van der Waals surface area contributed by atoms with E-state index in [1.165, 1.54) is 23.1 Å². The Bertz CT molecular complexity index is 1050. The van der Waals surface area contributed by atoms with Gasteiger partial charge in [-0.25, -0.2) is 8.42 Å². The zero-order chi connectivity index (χ0) is 22.0. The van der Waals surface area contributed by atoms with Gasteiger partial charge >= 0.3 is 0 Å². The van der Waals surface area contributed by atoms with Crippen LogP contribution in [-0.4, -0.2) is 55.2 Å². The van der Waals surface area contributed by atoms with Crippen LogP contribution in [0.25, 0.3) is 11.3 Å². The molecule has 1 saturated heterocycles. The van der Waals surface area contributed by atoms with E-state index in [2.05, 4.69) is 10.5 Å². The standard InChI is InChI=1S/C22H27N3O5S/c1-2-12-31(28,29)18-9-5-15(6-10-18)20-13-19(24-30-20)22(27)25(17-7-8-17)21(26)16-4-3-11-23-14-16/h5-6,9-10,13,16-17,23H,2-4,7-8,11-12,14H2,1H3. The van der Waals surface area contributed by atoms with Gasteiger partial charge in [0.05, 0.1) is 16.6 Å². The Hall–Kier alpha value is -2.52. The Balaban J connectivity index is 1.52. The third-order valence-corrected chi connectivity index (χ3v) is 7.65. The number of carbonyl (C=O) groups excluding carboxylic acids is 2. The molecule has 2 aromatic rings. The van der Waals surface area contributed by atoms with Crippen LogP contribution in [0.5, 0.6) is 0 Å². The van der Waals surface area contributed by atoms with Crippen molar-refractivity contribution in [2.24, 2.45) is 5.92 Å². The Labute approximate surface area is 181 Å². The van der Waals surface area contributed by atoms with Crippen molar-refractivity contribution in [2.45, 2.75) is 50.0 Å². The van der Waals surface area contributed by atoms with Crippen molar-refractivity contribution >= 4 is 21.7 Å². The molecule has 31 heavy (non-hydrogen) atoms. The normalized spacial score (nSPS) is 19.2. The summed E-state index contributed by atoms with van der Waals surface area (Å²) in [6, 6.07) is 7.77. The van der Waals surface area contributed by atoms with Crippen molar-refractivity contribution in [3.05, 3.63) is 36.0 Å². The minimum atomic E-state index is -3.30. The van der Waals surface area contributed by atoms with Gasteiger partial charge in [-0.05, 0) is 62.9 Å². The second-order valence-electron chi connectivity index (χ2n) is 8.21. The number of nitrogens with one attached hydrogen (secondary N) is 1. The summed E-state index contributed by atoms with van der Waals surface area (Å²) in [7, 11) is -3.30. The van der Waals surface area contributed by atoms with E-state index >= 15 is 0 Å². The molecule has 1 saturated carbocycles. The van der Waals surface area contributed by atoms with Crippen molar-refractivity contribution in [2.75, 3.05) is 18.8 Å². The fourth-order valence-electron chi connectivity index (χ4n) is 3.89. The largest absolute Gasteiger partial charge is 0.355 e. The number of carbonyl (C=O) groups is 2. The number of benzene rings is 1. The first kappa shape index (κ1) is 21.7. The Morgan fingerprint density at radius 1 is 1.19 bits per heavy atom. The average Bonchev–Trinajstić information content (AvgIpc) is 3.48. The number of hydrogen-bond donors (Lipinski definition) is 1. The Morgan fingerprint density at radius 2 is 1.94 bits per heavy atom. The minimum absolute atomic E-state index is 0.0647. The molecule has 1 atom stereocenters. The molecule has 166 valence electrons. The summed E-state index contributed by atoms with van der Waals surface area (Å²) < 4.78 is 29.7. The summed E-state index contributed by atoms with van der Waals surface area (Å²) in [5, 5.41) is 7.12. The molecule has 1 aliphatic heterocycles. The summed E-state index contributed by atoms with van der Waals surface area (Å²) in [6.45, 7) is 3.30. The topological polar surface area (TPSA) is 110 Å². The fourth-order valence-corrected chi connectivity index (χ4v) is 5.21. The molecular weight excluding hydrogens is 418 g/mol. The first-order valence-electron chi connectivity index (χ1n) is 10.8. The van der Waals surface area contributed by atoms with E-state index in [0.717, 1.165) is 32.2 Å². The molecule has 1 aromatic carbocycles. The smallest absolute Gasteiger partial charge is 0.282 e. The van der Waals surface area contributed by atoms with Crippen molar-refractivity contribution < 1.29 is 22.5 Å². The van der Waals surface area contributed by atoms with Gasteiger partial charge in [0.1, 0.15) is 0 Å². The highest BCUT2D eigenvalue weighted by Crippen LogP contribution is 2.31. The lowest BCUT2D eigenvalue weighted by Gasteiger charge is -2.28. The number of piperidine rings is 1. The number of hydrogen-bond acceptors (Lipinski definition) is 7. The van der Waals surface area contributed by atoms with E-state index in [4.69, 9.17) is 4.52 Å². The minimum Gasteiger partial charge on any atom is -0.355 e. The first-order chi connectivity index (χ1) is 14.9. The SMILES string of the molecule is CCCS(=O)(=O)c1ccc(-c2cc(C(=O)N(C(=O)C3CCCNC3)C3CC3)no2)cc1. The summed E-state index contributed by atoms with van der Waals surface area (Å²) >= 11 is 0. The first-order valence-corrected chi connectivity index (χ1v) is 12.4. The van der Waals surface area contributed by atoms with Crippen LogP contribution in [0.2, 0.25) is 0 Å². The van der Waals surface area contributed by atoms with E-state index in [1.807, 2.05) is 6.92 Å². The third-order valence-electron chi connectivity index (χ3n) is 5.71. The molecule has 1 aliphatic carbocycles. The van der Waals surface area contributed by atoms with Crippen LogP contribution in [0.1, 0.15) is 49.5 Å². The van der Waals surface area contributed by atoms with E-state index in [1.54, 1.807) is 12.1 Å². The van der Waals surface area contributed by atoms with Crippen molar-refractivity contribution in [1.29, 1.82) is 0 Å². The zero-order valence-corrected chi connectivity index (χ0v) is 18.4. The van der Waals surface area contributed by atoms with Gasteiger partial charge < -0.3 is 9.84 Å². The maximum atomic E-state index is 13.1. The molecule has 2 amide bonds. The molecule has 0 bridgehead atoms. The molecule has 1 unspecified atom stereocenters. The lowest BCUT2D eigenvalue weighted by Crippen LogP contribution is -2.46. The van der Waals surface area contributed by atoms with Gasteiger partial charge in [0, 0.05) is 24.2 Å². The Kier molecular flexibility index (Phi) is 6.24. The second-order valence-corrected chi connectivity index (χ2v) is 10.3. The van der Waals surface area contributed by atoms with E-state index in [0.29, 0.717) is 24.3 Å². The highest BCUT2D eigenvalue weighted by atomic mass is 32.2. The lowest BCUT2D eigenvalue weighted by atomic mass is 9.98. The number of rotatable bonds is 7. The number of imide groups is 1. The van der Waals surface area contributed by atoms with Crippen LogP contribution in [0.15, 0.2) is 39.8 Å². The zero-order valence-electron chi connectivity index (χ0n) is 17.5. The van der Waals surface area contributed by atoms with Gasteiger partial charge in [0.25, 0.3) is 5.91 Å². The van der Waals surface area contributed by atoms with Crippen molar-refractivity contribution in [3.8, 4) is 11.3 Å².